The lowest BCUT2D eigenvalue weighted by Gasteiger charge is -2.17. The predicted molar refractivity (Wildman–Crippen MR) is 133 cm³/mol. The monoisotopic (exact) mass is 420 g/mol. The second-order valence-electron chi connectivity index (χ2n) is 10.3. The number of hydrogen-bond acceptors (Lipinski definition) is 0. The average Bonchev–Trinajstić information content (AvgIpc) is 2.70. The van der Waals surface area contributed by atoms with Crippen molar-refractivity contribution in [2.75, 3.05) is 0 Å². The van der Waals surface area contributed by atoms with E-state index in [0.717, 1.165) is 6.42 Å². The van der Waals surface area contributed by atoms with Crippen LogP contribution in [0.5, 0.6) is 0 Å². The van der Waals surface area contributed by atoms with Crippen LogP contribution < -0.4 is 0 Å². The molecule has 1 aromatic carbocycles. The van der Waals surface area contributed by atoms with Gasteiger partial charge in [0, 0.05) is 0 Å². The number of benzene rings is 1. The number of halogens is 1. The zero-order valence-electron chi connectivity index (χ0n) is 19.9. The minimum absolute atomic E-state index is 0.194. The van der Waals surface area contributed by atoms with E-state index in [-0.39, 0.29) is 5.38 Å². The minimum atomic E-state index is 0.194. The van der Waals surface area contributed by atoms with Crippen molar-refractivity contribution >= 4 is 11.6 Å². The van der Waals surface area contributed by atoms with Crippen LogP contribution in [0.15, 0.2) is 30.3 Å². The van der Waals surface area contributed by atoms with Crippen molar-refractivity contribution in [2.45, 2.75) is 135 Å². The van der Waals surface area contributed by atoms with Crippen LogP contribution in [0.1, 0.15) is 141 Å². The normalized spacial score (nSPS) is 13.0. The van der Waals surface area contributed by atoms with E-state index in [1.165, 1.54) is 108 Å². The molecule has 0 spiro atoms. The highest BCUT2D eigenvalue weighted by atomic mass is 35.5. The van der Waals surface area contributed by atoms with Crippen LogP contribution in [-0.2, 0) is 0 Å². The topological polar surface area (TPSA) is 0 Å². The molecule has 1 atom stereocenters. The fourth-order valence-corrected chi connectivity index (χ4v) is 4.41. The van der Waals surface area contributed by atoms with E-state index in [4.69, 9.17) is 11.6 Å². The van der Waals surface area contributed by atoms with Gasteiger partial charge >= 0.3 is 0 Å². The molecule has 0 N–H and O–H groups in total. The van der Waals surface area contributed by atoms with Crippen molar-refractivity contribution in [1.29, 1.82) is 0 Å². The maximum Gasteiger partial charge on any atom is 0.0585 e. The zero-order chi connectivity index (χ0) is 21.2. The summed E-state index contributed by atoms with van der Waals surface area (Å²) >= 11 is 6.49. The second kappa shape index (κ2) is 17.2. The highest BCUT2D eigenvalue weighted by molar-refractivity contribution is 6.20. The summed E-state index contributed by atoms with van der Waals surface area (Å²) in [6.07, 6.45) is 23.8. The fraction of sp³-hybridized carbons (Fsp3) is 0.786. The molecule has 0 nitrogen and oxygen atoms in total. The predicted octanol–water partition coefficient (Wildman–Crippen LogP) is 10.6. The summed E-state index contributed by atoms with van der Waals surface area (Å²) in [5, 5.41) is 0.194. The molecule has 0 saturated heterocycles. The van der Waals surface area contributed by atoms with Crippen molar-refractivity contribution in [2.24, 2.45) is 5.41 Å². The minimum Gasteiger partial charge on any atom is -0.118 e. The van der Waals surface area contributed by atoms with Crippen molar-refractivity contribution in [3.05, 3.63) is 35.9 Å². The van der Waals surface area contributed by atoms with Gasteiger partial charge in [0.05, 0.1) is 5.38 Å². The van der Waals surface area contributed by atoms with Gasteiger partial charge in [-0.25, -0.2) is 0 Å². The second-order valence-corrected chi connectivity index (χ2v) is 10.8. The first-order valence-electron chi connectivity index (χ1n) is 12.7. The van der Waals surface area contributed by atoms with E-state index in [9.17, 15) is 0 Å². The van der Waals surface area contributed by atoms with Crippen molar-refractivity contribution in [1.82, 2.24) is 0 Å². The third-order valence-corrected chi connectivity index (χ3v) is 6.52. The molecule has 29 heavy (non-hydrogen) atoms. The molecule has 0 bridgehead atoms. The van der Waals surface area contributed by atoms with E-state index in [2.05, 4.69) is 51.1 Å². The van der Waals surface area contributed by atoms with Crippen LogP contribution in [0.3, 0.4) is 0 Å². The van der Waals surface area contributed by atoms with E-state index >= 15 is 0 Å². The molecule has 0 saturated carbocycles. The van der Waals surface area contributed by atoms with E-state index < -0.39 is 0 Å². The Hall–Kier alpha value is -0.490. The van der Waals surface area contributed by atoms with Gasteiger partial charge in [-0.3, -0.25) is 0 Å². The maximum absolute atomic E-state index is 6.49. The van der Waals surface area contributed by atoms with E-state index in [1.807, 2.05) is 0 Å². The Bertz CT molecular complexity index is 459. The summed E-state index contributed by atoms with van der Waals surface area (Å²) in [5.74, 6) is 0. The van der Waals surface area contributed by atoms with Gasteiger partial charge < -0.3 is 0 Å². The molecule has 1 aromatic rings. The summed E-state index contributed by atoms with van der Waals surface area (Å²) in [6, 6.07) is 10.5. The molecule has 1 heteroatoms. The number of hydrogen-bond donors (Lipinski definition) is 0. The first-order valence-corrected chi connectivity index (χ1v) is 13.1. The summed E-state index contributed by atoms with van der Waals surface area (Å²) in [7, 11) is 0. The van der Waals surface area contributed by atoms with Crippen molar-refractivity contribution < 1.29 is 0 Å². The van der Waals surface area contributed by atoms with E-state index in [1.54, 1.807) is 0 Å². The van der Waals surface area contributed by atoms with Crippen LogP contribution in [0.2, 0.25) is 0 Å². The van der Waals surface area contributed by atoms with Crippen LogP contribution >= 0.6 is 11.6 Å². The molecular weight excluding hydrogens is 372 g/mol. The lowest BCUT2D eigenvalue weighted by atomic mass is 9.89. The SMILES string of the molecule is CC(C)(C)CCCCCCCCCCCCCCCCCC(Cl)c1ccccc1. The average molecular weight is 421 g/mol. The van der Waals surface area contributed by atoms with E-state index in [0.29, 0.717) is 5.41 Å². The third kappa shape index (κ3) is 16.9. The van der Waals surface area contributed by atoms with Crippen molar-refractivity contribution in [3.8, 4) is 0 Å². The van der Waals surface area contributed by atoms with Crippen LogP contribution in [0, 0.1) is 5.41 Å². The Labute approximate surface area is 188 Å². The molecule has 0 fully saturated rings. The maximum atomic E-state index is 6.49. The smallest absolute Gasteiger partial charge is 0.0585 e. The molecule has 0 aromatic heterocycles. The quantitative estimate of drug-likeness (QED) is 0.163. The molecule has 0 amide bonds. The molecule has 0 heterocycles. The molecule has 0 aliphatic carbocycles. The van der Waals surface area contributed by atoms with Gasteiger partial charge in [0.1, 0.15) is 0 Å². The molecular formula is C28H49Cl. The first-order chi connectivity index (χ1) is 14.0. The first kappa shape index (κ1) is 26.5. The summed E-state index contributed by atoms with van der Waals surface area (Å²) in [6.45, 7) is 7.07. The largest absolute Gasteiger partial charge is 0.118 e. The standard InChI is InChI=1S/C28H49Cl/c1-28(2,3)25-21-16-14-12-10-8-6-4-5-7-9-11-13-15-20-24-27(29)26-22-18-17-19-23-26/h17-19,22-23,27H,4-16,20-21,24-25H2,1-3H3. The summed E-state index contributed by atoms with van der Waals surface area (Å²) in [5.41, 5.74) is 1.80. The Morgan fingerprint density at radius 3 is 1.38 bits per heavy atom. The highest BCUT2D eigenvalue weighted by Crippen LogP contribution is 2.26. The van der Waals surface area contributed by atoms with Gasteiger partial charge in [-0.1, -0.05) is 147 Å². The molecule has 0 aliphatic rings. The highest BCUT2D eigenvalue weighted by Gasteiger charge is 2.08. The van der Waals surface area contributed by atoms with Gasteiger partial charge in [-0.15, -0.1) is 11.6 Å². The van der Waals surface area contributed by atoms with Gasteiger partial charge in [0.25, 0.3) is 0 Å². The molecule has 1 unspecified atom stereocenters. The summed E-state index contributed by atoms with van der Waals surface area (Å²) in [4.78, 5) is 0. The van der Waals surface area contributed by atoms with Gasteiger partial charge in [-0.05, 0) is 23.8 Å². The Morgan fingerprint density at radius 1 is 0.586 bits per heavy atom. The van der Waals surface area contributed by atoms with Crippen molar-refractivity contribution in [3.63, 3.8) is 0 Å². The molecule has 0 aliphatic heterocycles. The Kier molecular flexibility index (Phi) is 15.8. The lowest BCUT2D eigenvalue weighted by molar-refractivity contribution is 0.356. The fourth-order valence-electron chi connectivity index (χ4n) is 4.11. The van der Waals surface area contributed by atoms with Crippen LogP contribution in [0.4, 0.5) is 0 Å². The number of unbranched alkanes of at least 4 members (excludes halogenated alkanes) is 14. The molecule has 168 valence electrons. The third-order valence-electron chi connectivity index (χ3n) is 6.05. The lowest BCUT2D eigenvalue weighted by Crippen LogP contribution is -2.03. The van der Waals surface area contributed by atoms with Gasteiger partial charge in [0.2, 0.25) is 0 Å². The zero-order valence-corrected chi connectivity index (χ0v) is 20.6. The Balaban J connectivity index is 1.75. The molecule has 1 rings (SSSR count). The van der Waals surface area contributed by atoms with Crippen LogP contribution in [-0.4, -0.2) is 0 Å². The molecule has 0 radical (unpaired) electrons. The summed E-state index contributed by atoms with van der Waals surface area (Å²) < 4.78 is 0. The number of alkyl halides is 1. The number of rotatable bonds is 18. The van der Waals surface area contributed by atoms with Gasteiger partial charge in [0.15, 0.2) is 0 Å². The van der Waals surface area contributed by atoms with Crippen LogP contribution in [0.25, 0.3) is 0 Å². The van der Waals surface area contributed by atoms with Gasteiger partial charge in [-0.2, -0.15) is 0 Å². The Morgan fingerprint density at radius 2 is 0.966 bits per heavy atom.